The van der Waals surface area contributed by atoms with Crippen molar-refractivity contribution in [1.82, 2.24) is 14.8 Å². The zero-order chi connectivity index (χ0) is 16.6. The molecule has 0 fully saturated rings. The second-order valence-corrected chi connectivity index (χ2v) is 5.04. The van der Waals surface area contributed by atoms with Gasteiger partial charge in [-0.15, -0.1) is 0 Å². The number of anilines is 2. The maximum Gasteiger partial charge on any atom is 0.271 e. The first kappa shape index (κ1) is 14.6. The van der Waals surface area contributed by atoms with Crippen molar-refractivity contribution in [1.29, 1.82) is 0 Å². The Hall–Kier alpha value is -3.30. The first-order valence-corrected chi connectivity index (χ1v) is 6.71. The average molecular weight is 316 g/mol. The van der Waals surface area contributed by atoms with Crippen LogP contribution in [0.3, 0.4) is 0 Å². The van der Waals surface area contributed by atoms with E-state index in [0.717, 1.165) is 0 Å². The molecule has 1 aromatic carbocycles. The van der Waals surface area contributed by atoms with Crippen molar-refractivity contribution in [3.8, 4) is 0 Å². The molecular formula is C13H12N6O4. The quantitative estimate of drug-likeness (QED) is 0.641. The molecule has 2 amide bonds. The second-order valence-electron chi connectivity index (χ2n) is 5.04. The highest BCUT2D eigenvalue weighted by Gasteiger charge is 2.32. The van der Waals surface area contributed by atoms with E-state index < -0.39 is 16.9 Å². The van der Waals surface area contributed by atoms with Gasteiger partial charge in [0.15, 0.2) is 0 Å². The van der Waals surface area contributed by atoms with Crippen LogP contribution in [-0.2, 0) is 9.59 Å². The molecule has 1 aliphatic heterocycles. The first-order valence-electron chi connectivity index (χ1n) is 6.71. The van der Waals surface area contributed by atoms with E-state index in [1.165, 1.54) is 23.1 Å². The number of amides is 2. The van der Waals surface area contributed by atoms with Crippen LogP contribution in [0.5, 0.6) is 0 Å². The minimum Gasteiger partial charge on any atom is -0.324 e. The molecule has 1 unspecified atom stereocenters. The van der Waals surface area contributed by atoms with Gasteiger partial charge in [-0.25, -0.2) is 4.68 Å². The van der Waals surface area contributed by atoms with Crippen LogP contribution in [0, 0.1) is 17.0 Å². The predicted octanol–water partition coefficient (Wildman–Crippen LogP) is 1.02. The molecule has 10 heteroatoms. The fourth-order valence-corrected chi connectivity index (χ4v) is 2.28. The van der Waals surface area contributed by atoms with Crippen molar-refractivity contribution in [3.05, 3.63) is 40.2 Å². The highest BCUT2D eigenvalue weighted by molar-refractivity contribution is 6.01. The second kappa shape index (κ2) is 5.48. The molecule has 118 valence electrons. The van der Waals surface area contributed by atoms with Crippen molar-refractivity contribution in [3.63, 3.8) is 0 Å². The lowest BCUT2D eigenvalue weighted by molar-refractivity contribution is -0.384. The van der Waals surface area contributed by atoms with Crippen LogP contribution < -0.4 is 10.6 Å². The van der Waals surface area contributed by atoms with E-state index >= 15 is 0 Å². The molecule has 0 spiro atoms. The van der Waals surface area contributed by atoms with Gasteiger partial charge in [-0.1, -0.05) is 6.07 Å². The van der Waals surface area contributed by atoms with Crippen LogP contribution in [-0.4, -0.2) is 31.5 Å². The number of nitrogens with zero attached hydrogens (tertiary/aromatic N) is 4. The van der Waals surface area contributed by atoms with Gasteiger partial charge in [0.1, 0.15) is 12.4 Å². The third-order valence-corrected chi connectivity index (χ3v) is 3.49. The third kappa shape index (κ3) is 2.73. The van der Waals surface area contributed by atoms with Gasteiger partial charge in [-0.2, -0.15) is 10.1 Å². The van der Waals surface area contributed by atoms with Crippen molar-refractivity contribution in [2.75, 3.05) is 10.6 Å². The number of nitrogens with one attached hydrogen (secondary N) is 2. The maximum absolute atomic E-state index is 12.5. The zero-order valence-corrected chi connectivity index (χ0v) is 12.0. The normalized spacial score (nSPS) is 16.4. The van der Waals surface area contributed by atoms with E-state index in [-0.39, 0.29) is 24.0 Å². The summed E-state index contributed by atoms with van der Waals surface area (Å²) in [4.78, 5) is 38.2. The lowest BCUT2D eigenvalue weighted by atomic mass is 10.1. The molecule has 3 rings (SSSR count). The first-order chi connectivity index (χ1) is 11.0. The molecule has 1 aliphatic rings. The van der Waals surface area contributed by atoms with E-state index in [2.05, 4.69) is 20.7 Å². The number of rotatable bonds is 3. The van der Waals surface area contributed by atoms with Gasteiger partial charge in [-0.3, -0.25) is 25.0 Å². The molecule has 10 nitrogen and oxygen atoms in total. The smallest absolute Gasteiger partial charge is 0.271 e. The van der Waals surface area contributed by atoms with Crippen molar-refractivity contribution < 1.29 is 14.5 Å². The average Bonchev–Trinajstić information content (AvgIpc) is 2.96. The molecule has 2 N–H and O–H groups in total. The Morgan fingerprint density at radius 2 is 2.30 bits per heavy atom. The summed E-state index contributed by atoms with van der Waals surface area (Å²) in [7, 11) is 0. The minimum absolute atomic E-state index is 0.0871. The Morgan fingerprint density at radius 1 is 1.52 bits per heavy atom. The summed E-state index contributed by atoms with van der Waals surface area (Å²) in [5.41, 5.74) is 0.855. The third-order valence-electron chi connectivity index (χ3n) is 3.49. The Balaban J connectivity index is 1.87. The van der Waals surface area contributed by atoms with E-state index in [1.54, 1.807) is 13.0 Å². The summed E-state index contributed by atoms with van der Waals surface area (Å²) >= 11 is 0. The number of benzene rings is 1. The van der Waals surface area contributed by atoms with Gasteiger partial charge >= 0.3 is 0 Å². The molecule has 1 atom stereocenters. The molecule has 23 heavy (non-hydrogen) atoms. The fraction of sp³-hybridized carbons (Fsp3) is 0.231. The Bertz CT molecular complexity index is 815. The van der Waals surface area contributed by atoms with E-state index in [9.17, 15) is 19.7 Å². The van der Waals surface area contributed by atoms with Crippen LogP contribution in [0.2, 0.25) is 0 Å². The Labute approximate surface area is 129 Å². The number of aryl methyl sites for hydroxylation is 1. The number of hydrogen-bond acceptors (Lipinski definition) is 6. The molecular weight excluding hydrogens is 304 g/mol. The maximum atomic E-state index is 12.5. The van der Waals surface area contributed by atoms with Crippen molar-refractivity contribution >= 4 is 29.1 Å². The number of carbonyl (C=O) groups is 2. The largest absolute Gasteiger partial charge is 0.324 e. The highest BCUT2D eigenvalue weighted by Crippen LogP contribution is 2.26. The van der Waals surface area contributed by atoms with Crippen LogP contribution in [0.4, 0.5) is 17.3 Å². The number of aromatic nitrogens is 3. The SMILES string of the molecule is Cc1ccc([N+](=O)[O-])cc1NC(=O)C1CC(=O)Nc2ncnn21. The van der Waals surface area contributed by atoms with E-state index in [1.807, 2.05) is 0 Å². The van der Waals surface area contributed by atoms with Crippen LogP contribution in [0.25, 0.3) is 0 Å². The summed E-state index contributed by atoms with van der Waals surface area (Å²) in [6, 6.07) is 3.31. The summed E-state index contributed by atoms with van der Waals surface area (Å²) in [5.74, 6) is -0.645. The molecule has 0 saturated carbocycles. The van der Waals surface area contributed by atoms with Gasteiger partial charge in [0.2, 0.25) is 17.8 Å². The van der Waals surface area contributed by atoms with Crippen LogP contribution in [0.15, 0.2) is 24.5 Å². The molecule has 0 radical (unpaired) electrons. The number of nitro groups is 1. The monoisotopic (exact) mass is 316 g/mol. The van der Waals surface area contributed by atoms with Crippen LogP contribution in [0.1, 0.15) is 18.0 Å². The number of nitro benzene ring substituents is 1. The summed E-state index contributed by atoms with van der Waals surface area (Å²) in [6.07, 6.45) is 1.15. The lowest BCUT2D eigenvalue weighted by Gasteiger charge is -2.22. The predicted molar refractivity (Wildman–Crippen MR) is 78.8 cm³/mol. The summed E-state index contributed by atoms with van der Waals surface area (Å²) in [6.45, 7) is 1.72. The Morgan fingerprint density at radius 3 is 3.04 bits per heavy atom. The van der Waals surface area contributed by atoms with Crippen molar-refractivity contribution in [2.45, 2.75) is 19.4 Å². The molecule has 0 saturated heterocycles. The zero-order valence-electron chi connectivity index (χ0n) is 12.0. The molecule has 0 bridgehead atoms. The summed E-state index contributed by atoms with van der Waals surface area (Å²) in [5, 5.41) is 19.9. The molecule has 2 heterocycles. The number of carbonyl (C=O) groups excluding carboxylic acids is 2. The van der Waals surface area contributed by atoms with Gasteiger partial charge in [0, 0.05) is 12.1 Å². The van der Waals surface area contributed by atoms with Gasteiger partial charge in [0.05, 0.1) is 17.0 Å². The lowest BCUT2D eigenvalue weighted by Crippen LogP contribution is -2.36. The number of non-ortho nitro benzene ring substituents is 1. The highest BCUT2D eigenvalue weighted by atomic mass is 16.6. The van der Waals surface area contributed by atoms with Crippen LogP contribution >= 0.6 is 0 Å². The summed E-state index contributed by atoms with van der Waals surface area (Å²) < 4.78 is 1.31. The minimum atomic E-state index is -0.861. The number of fused-ring (bicyclic) bond motifs is 1. The topological polar surface area (TPSA) is 132 Å². The standard InChI is InChI=1S/C13H12N6O4/c1-7-2-3-8(19(22)23)4-9(7)16-12(21)10-5-11(20)17-13-14-6-15-18(10)13/h2-4,6,10H,5H2,1H3,(H,16,21)(H,14,15,17,20). The Kier molecular flexibility index (Phi) is 3.48. The van der Waals surface area contributed by atoms with Gasteiger partial charge < -0.3 is 5.32 Å². The van der Waals surface area contributed by atoms with Gasteiger partial charge in [0.25, 0.3) is 5.69 Å². The van der Waals surface area contributed by atoms with Gasteiger partial charge in [-0.05, 0) is 12.5 Å². The van der Waals surface area contributed by atoms with Crippen molar-refractivity contribution in [2.24, 2.45) is 0 Å². The fourth-order valence-electron chi connectivity index (χ4n) is 2.28. The van der Waals surface area contributed by atoms with E-state index in [4.69, 9.17) is 0 Å². The van der Waals surface area contributed by atoms with E-state index in [0.29, 0.717) is 11.3 Å². The number of hydrogen-bond donors (Lipinski definition) is 2. The molecule has 1 aromatic heterocycles. The molecule has 0 aliphatic carbocycles. The molecule has 2 aromatic rings.